The average Bonchev–Trinajstić information content (AvgIpc) is 2.19. The fourth-order valence-electron chi connectivity index (χ4n) is 0. The van der Waals surface area contributed by atoms with Crippen molar-refractivity contribution in [2.45, 2.75) is 13.8 Å². The molecule has 0 unspecified atom stereocenters. The summed E-state index contributed by atoms with van der Waals surface area (Å²) in [6, 6.07) is 0. The number of nitrogens with two attached hydrogens (primary N) is 1. The van der Waals surface area contributed by atoms with Gasteiger partial charge in [-0.3, -0.25) is 5.41 Å². The first-order valence-corrected chi connectivity index (χ1v) is 4.23. The maximum absolute atomic E-state index is 9.25. The van der Waals surface area contributed by atoms with Crippen LogP contribution in [0.25, 0.3) is 0 Å². The van der Waals surface area contributed by atoms with Crippen LogP contribution in [-0.2, 0) is 9.59 Å². The van der Waals surface area contributed by atoms with Gasteiger partial charge in [0.15, 0.2) is 0 Å². The van der Waals surface area contributed by atoms with Crippen LogP contribution in [0.2, 0.25) is 0 Å². The zero-order valence-corrected chi connectivity index (χ0v) is 9.43. The van der Waals surface area contributed by atoms with E-state index in [9.17, 15) is 9.59 Å². The summed E-state index contributed by atoms with van der Waals surface area (Å²) in [5.41, 5.74) is 5.02. The van der Waals surface area contributed by atoms with Crippen LogP contribution >= 0.6 is 0 Å². The standard InChI is InChI=1S/C4H10N2.2C3H4O2/c1-3(2)4(5)6;2*1-2-3(4)5/h3H,1-2H3,(H3,5,6);2*2H,1H2,(H,4,5). The predicted octanol–water partition coefficient (Wildman–Crippen LogP) is 1.09. The number of rotatable bonds is 3. The Kier molecular flexibility index (Phi) is 15.7. The largest absolute Gasteiger partial charge is 0.478 e. The molecule has 0 saturated heterocycles. The lowest BCUT2D eigenvalue weighted by Crippen LogP contribution is -2.16. The molecule has 0 aromatic rings. The first kappa shape index (κ1) is 19.5. The van der Waals surface area contributed by atoms with Gasteiger partial charge >= 0.3 is 11.9 Å². The molecule has 92 valence electrons. The molecule has 0 radical (unpaired) electrons. The second kappa shape index (κ2) is 12.9. The lowest BCUT2D eigenvalue weighted by molar-refractivity contribution is -0.132. The molecule has 16 heavy (non-hydrogen) atoms. The lowest BCUT2D eigenvalue weighted by atomic mass is 10.2. The molecule has 0 aliphatic rings. The number of hydrogen-bond donors (Lipinski definition) is 4. The van der Waals surface area contributed by atoms with Crippen molar-refractivity contribution in [3.05, 3.63) is 25.3 Å². The summed E-state index contributed by atoms with van der Waals surface area (Å²) in [5.74, 6) is -1.49. The van der Waals surface area contributed by atoms with E-state index >= 15 is 0 Å². The predicted molar refractivity (Wildman–Crippen MR) is 62.4 cm³/mol. The molecule has 0 heterocycles. The smallest absolute Gasteiger partial charge is 0.327 e. The van der Waals surface area contributed by atoms with Crippen LogP contribution in [0.3, 0.4) is 0 Å². The van der Waals surface area contributed by atoms with Gasteiger partial charge in [-0.05, 0) is 0 Å². The van der Waals surface area contributed by atoms with Gasteiger partial charge in [-0.2, -0.15) is 0 Å². The minimum atomic E-state index is -0.981. The molecule has 0 saturated carbocycles. The highest BCUT2D eigenvalue weighted by Crippen LogP contribution is 1.85. The van der Waals surface area contributed by atoms with E-state index in [1.807, 2.05) is 13.8 Å². The van der Waals surface area contributed by atoms with E-state index in [1.54, 1.807) is 0 Å². The van der Waals surface area contributed by atoms with Crippen LogP contribution < -0.4 is 5.73 Å². The molecule has 0 rings (SSSR count). The summed E-state index contributed by atoms with van der Waals surface area (Å²) < 4.78 is 0. The minimum Gasteiger partial charge on any atom is -0.478 e. The van der Waals surface area contributed by atoms with E-state index in [0.717, 1.165) is 12.2 Å². The van der Waals surface area contributed by atoms with Crippen LogP contribution in [0.15, 0.2) is 25.3 Å². The van der Waals surface area contributed by atoms with E-state index in [4.69, 9.17) is 21.4 Å². The highest BCUT2D eigenvalue weighted by molar-refractivity contribution is 5.79. The Bertz CT molecular complexity index is 242. The van der Waals surface area contributed by atoms with Crippen molar-refractivity contribution in [2.24, 2.45) is 11.7 Å². The van der Waals surface area contributed by atoms with Gasteiger partial charge in [-0.1, -0.05) is 27.0 Å². The fraction of sp³-hybridized carbons (Fsp3) is 0.300. The van der Waals surface area contributed by atoms with Gasteiger partial charge in [-0.25, -0.2) is 9.59 Å². The van der Waals surface area contributed by atoms with E-state index in [1.165, 1.54) is 0 Å². The lowest BCUT2D eigenvalue weighted by Gasteiger charge is -1.95. The van der Waals surface area contributed by atoms with Gasteiger partial charge in [0, 0.05) is 18.1 Å². The summed E-state index contributed by atoms with van der Waals surface area (Å²) in [6.07, 6.45) is 1.67. The van der Waals surface area contributed by atoms with Crippen molar-refractivity contribution in [3.8, 4) is 0 Å². The molecule has 0 aromatic heterocycles. The zero-order chi connectivity index (χ0) is 13.7. The number of carboxylic acid groups (broad SMARTS) is 2. The van der Waals surface area contributed by atoms with Crippen molar-refractivity contribution in [1.29, 1.82) is 5.41 Å². The number of hydrogen-bond acceptors (Lipinski definition) is 3. The number of aliphatic carboxylic acids is 2. The normalized spacial score (nSPS) is 7.44. The molecule has 0 bridgehead atoms. The van der Waals surface area contributed by atoms with Crippen molar-refractivity contribution in [3.63, 3.8) is 0 Å². The first-order chi connectivity index (χ1) is 7.18. The molecule has 0 aliphatic heterocycles. The average molecular weight is 230 g/mol. The Morgan fingerprint density at radius 2 is 1.31 bits per heavy atom. The molecule has 0 aliphatic carbocycles. The highest BCUT2D eigenvalue weighted by Gasteiger charge is 1.91. The Labute approximate surface area is 94.6 Å². The molecule has 0 atom stereocenters. The molecule has 0 fully saturated rings. The molecule has 6 heteroatoms. The van der Waals surface area contributed by atoms with Crippen molar-refractivity contribution < 1.29 is 19.8 Å². The number of amidine groups is 1. The van der Waals surface area contributed by atoms with Crippen molar-refractivity contribution >= 4 is 17.8 Å². The summed E-state index contributed by atoms with van der Waals surface area (Å²) in [4.78, 5) is 18.5. The highest BCUT2D eigenvalue weighted by atomic mass is 16.4. The summed E-state index contributed by atoms with van der Waals surface area (Å²) in [7, 11) is 0. The van der Waals surface area contributed by atoms with Crippen LogP contribution in [0.4, 0.5) is 0 Å². The third-order valence-corrected chi connectivity index (χ3v) is 0.971. The monoisotopic (exact) mass is 230 g/mol. The third kappa shape index (κ3) is 40.6. The molecular formula is C10H18N2O4. The maximum Gasteiger partial charge on any atom is 0.327 e. The molecule has 0 aromatic carbocycles. The Morgan fingerprint density at radius 3 is 1.31 bits per heavy atom. The SMILES string of the molecule is C=CC(=O)O.C=CC(=O)O.CC(C)C(=N)N. The van der Waals surface area contributed by atoms with Gasteiger partial charge in [0.25, 0.3) is 0 Å². The number of carboxylic acids is 2. The summed E-state index contributed by atoms with van der Waals surface area (Å²) >= 11 is 0. The van der Waals surface area contributed by atoms with E-state index in [-0.39, 0.29) is 11.8 Å². The molecular weight excluding hydrogens is 212 g/mol. The van der Waals surface area contributed by atoms with Gasteiger partial charge in [-0.15, -0.1) is 0 Å². The molecule has 0 spiro atoms. The third-order valence-electron chi connectivity index (χ3n) is 0.971. The van der Waals surface area contributed by atoms with Gasteiger partial charge in [0.2, 0.25) is 0 Å². The Hall–Kier alpha value is -2.11. The van der Waals surface area contributed by atoms with E-state index in [2.05, 4.69) is 13.2 Å². The van der Waals surface area contributed by atoms with Gasteiger partial charge in [0.05, 0.1) is 5.84 Å². The summed E-state index contributed by atoms with van der Waals surface area (Å²) in [6.45, 7) is 9.70. The fourth-order valence-corrected chi connectivity index (χ4v) is 0. The van der Waals surface area contributed by atoms with E-state index < -0.39 is 11.9 Å². The van der Waals surface area contributed by atoms with Gasteiger partial charge in [0.1, 0.15) is 0 Å². The minimum absolute atomic E-state index is 0.213. The van der Waals surface area contributed by atoms with E-state index in [0.29, 0.717) is 0 Å². The second-order valence-corrected chi connectivity index (χ2v) is 2.69. The molecule has 0 amide bonds. The maximum atomic E-state index is 9.25. The summed E-state index contributed by atoms with van der Waals surface area (Å²) in [5, 5.41) is 21.9. The van der Waals surface area contributed by atoms with Crippen LogP contribution in [-0.4, -0.2) is 28.0 Å². The Morgan fingerprint density at radius 1 is 1.19 bits per heavy atom. The van der Waals surface area contributed by atoms with Crippen LogP contribution in [0, 0.1) is 11.3 Å². The van der Waals surface area contributed by atoms with Crippen molar-refractivity contribution in [2.75, 3.05) is 0 Å². The van der Waals surface area contributed by atoms with Crippen LogP contribution in [0.5, 0.6) is 0 Å². The second-order valence-electron chi connectivity index (χ2n) is 2.69. The Balaban J connectivity index is -0.000000160. The molecule has 5 N–H and O–H groups in total. The molecule has 6 nitrogen and oxygen atoms in total. The zero-order valence-electron chi connectivity index (χ0n) is 9.43. The number of nitrogens with one attached hydrogen (secondary N) is 1. The van der Waals surface area contributed by atoms with Crippen LogP contribution in [0.1, 0.15) is 13.8 Å². The number of carbonyl (C=O) groups is 2. The quantitative estimate of drug-likeness (QED) is 0.328. The van der Waals surface area contributed by atoms with Crippen molar-refractivity contribution in [1.82, 2.24) is 0 Å². The first-order valence-electron chi connectivity index (χ1n) is 4.23. The van der Waals surface area contributed by atoms with Gasteiger partial charge < -0.3 is 15.9 Å². The topological polar surface area (TPSA) is 124 Å².